The summed E-state index contributed by atoms with van der Waals surface area (Å²) in [7, 11) is -7.12. The molecule has 0 fully saturated rings. The van der Waals surface area contributed by atoms with Gasteiger partial charge in [0, 0.05) is 100 Å². The molecule has 0 aliphatic carbocycles. The Morgan fingerprint density at radius 2 is 0.302 bits per heavy atom. The van der Waals surface area contributed by atoms with E-state index in [0.717, 1.165) is 79.4 Å². The van der Waals surface area contributed by atoms with Crippen LogP contribution in [0.5, 0.6) is 0 Å². The van der Waals surface area contributed by atoms with Gasteiger partial charge in [0.2, 0.25) is 0 Å². The van der Waals surface area contributed by atoms with Crippen LogP contribution >= 0.6 is 14.3 Å². The van der Waals surface area contributed by atoms with Gasteiger partial charge in [0.25, 0.3) is 0 Å². The van der Waals surface area contributed by atoms with E-state index in [2.05, 4.69) is 314 Å². The summed E-state index contributed by atoms with van der Waals surface area (Å²) in [6.45, 7) is 8.40. The lowest BCUT2D eigenvalue weighted by Gasteiger charge is -2.28. The maximum absolute atomic E-state index is 16.8. The highest BCUT2D eigenvalue weighted by Crippen LogP contribution is 2.48. The minimum Gasteiger partial charge on any atom is -0.311 e. The zero-order valence-electron chi connectivity index (χ0n) is 54.1. The zero-order chi connectivity index (χ0) is 65.6. The molecule has 0 amide bonds. The molecule has 14 aromatic carbocycles. The molecule has 0 aliphatic rings. The van der Waals surface area contributed by atoms with Crippen molar-refractivity contribution in [3.8, 4) is 11.1 Å². The standard InChI is InChI=1S/C88H72N4O2P2/c1-65-25-37-75(38-26-65)89(71-17-9-5-10-18-71)79-45-57-85(58-46-79)95(93,86-59-47-80(48-60-86)90(72-19-11-6-12-20-72)76-39-27-66(2)28-40-76)83-53-33-69(34-54-83)70-35-55-84(56-36-70)96(94,87-61-49-81(50-62-87)91(73-21-13-7-14-22-73)77-41-29-67(3)30-42-77)88-63-51-82(52-64-88)92(74-23-15-8-16-24-74)78-43-31-68(4)32-44-78/h5-64H,1-4H3. The molecule has 466 valence electrons. The van der Waals surface area contributed by atoms with Gasteiger partial charge in [-0.1, -0.05) is 192 Å². The average Bonchev–Trinajstić information content (AvgIpc) is 0.773. The summed E-state index contributed by atoms with van der Waals surface area (Å²) < 4.78 is 33.5. The molecule has 6 nitrogen and oxygen atoms in total. The molecular formula is C88H72N4O2P2. The first-order valence-corrected chi connectivity index (χ1v) is 35.9. The lowest BCUT2D eigenvalue weighted by atomic mass is 10.1. The smallest absolute Gasteiger partial charge is 0.171 e. The Morgan fingerprint density at radius 1 is 0.167 bits per heavy atom. The van der Waals surface area contributed by atoms with Crippen molar-refractivity contribution in [2.75, 3.05) is 19.6 Å². The summed E-state index contributed by atoms with van der Waals surface area (Å²) in [5, 5.41) is 4.28. The van der Waals surface area contributed by atoms with Crippen LogP contribution in [0, 0.1) is 27.7 Å². The van der Waals surface area contributed by atoms with Gasteiger partial charge in [0.1, 0.15) is 0 Å². The molecule has 14 rings (SSSR count). The molecule has 0 unspecified atom stereocenters. The maximum atomic E-state index is 16.8. The van der Waals surface area contributed by atoms with Gasteiger partial charge in [-0.2, -0.15) is 0 Å². The van der Waals surface area contributed by atoms with Crippen molar-refractivity contribution in [3.05, 3.63) is 386 Å². The molecule has 0 radical (unpaired) electrons. The number of hydrogen-bond donors (Lipinski definition) is 0. The number of hydrogen-bond acceptors (Lipinski definition) is 6. The van der Waals surface area contributed by atoms with E-state index in [1.165, 1.54) is 22.3 Å². The van der Waals surface area contributed by atoms with Crippen LogP contribution in [0.25, 0.3) is 11.1 Å². The van der Waals surface area contributed by atoms with Gasteiger partial charge >= 0.3 is 0 Å². The quantitative estimate of drug-likeness (QED) is 0.0752. The number of anilines is 12. The van der Waals surface area contributed by atoms with Gasteiger partial charge in [-0.15, -0.1) is 0 Å². The fourth-order valence-electron chi connectivity index (χ4n) is 12.7. The Labute approximate surface area is 564 Å². The highest BCUT2D eigenvalue weighted by molar-refractivity contribution is 7.85. The Morgan fingerprint density at radius 3 is 0.469 bits per heavy atom. The number of aryl methyl sites for hydroxylation is 4. The van der Waals surface area contributed by atoms with Crippen LogP contribution in [0.1, 0.15) is 22.3 Å². The second kappa shape index (κ2) is 27.4. The van der Waals surface area contributed by atoms with Crippen LogP contribution < -0.4 is 51.4 Å². The van der Waals surface area contributed by atoms with Crippen molar-refractivity contribution < 1.29 is 9.13 Å². The molecule has 0 heterocycles. The van der Waals surface area contributed by atoms with Crippen molar-refractivity contribution in [3.63, 3.8) is 0 Å². The molecule has 0 saturated heterocycles. The van der Waals surface area contributed by atoms with Gasteiger partial charge < -0.3 is 28.7 Å². The van der Waals surface area contributed by atoms with Crippen molar-refractivity contribution in [2.24, 2.45) is 0 Å². The number of nitrogens with zero attached hydrogens (tertiary/aromatic N) is 4. The SMILES string of the molecule is Cc1ccc(N(c2ccccc2)c2ccc(P(=O)(c3ccc(-c4ccc(P(=O)(c5ccc(N(c6ccccc6)c6ccc(C)cc6)cc5)c5ccc(N(c6ccccc6)c6ccc(C)cc6)cc5)cc4)cc3)c3ccc(N(c4ccccc4)c4ccc(C)cc4)cc3)cc2)cc1. The summed E-state index contributed by atoms with van der Waals surface area (Å²) in [6, 6.07) is 125. The third-order valence-electron chi connectivity index (χ3n) is 17.9. The monoisotopic (exact) mass is 1280 g/mol. The van der Waals surface area contributed by atoms with Crippen LogP contribution in [0.15, 0.2) is 364 Å². The molecule has 0 bridgehead atoms. The van der Waals surface area contributed by atoms with Crippen molar-refractivity contribution in [1.82, 2.24) is 0 Å². The zero-order valence-corrected chi connectivity index (χ0v) is 55.9. The lowest BCUT2D eigenvalue weighted by Crippen LogP contribution is -2.26. The summed E-state index contributed by atoms with van der Waals surface area (Å²) >= 11 is 0. The van der Waals surface area contributed by atoms with Crippen LogP contribution in [0.4, 0.5) is 68.2 Å². The van der Waals surface area contributed by atoms with Gasteiger partial charge in [-0.05, 0) is 233 Å². The first-order chi connectivity index (χ1) is 47.0. The van der Waals surface area contributed by atoms with E-state index in [-0.39, 0.29) is 0 Å². The largest absolute Gasteiger partial charge is 0.311 e. The molecule has 0 aliphatic heterocycles. The first-order valence-electron chi connectivity index (χ1n) is 32.5. The van der Waals surface area contributed by atoms with Crippen LogP contribution in [0.2, 0.25) is 0 Å². The van der Waals surface area contributed by atoms with Gasteiger partial charge in [-0.3, -0.25) is 0 Å². The van der Waals surface area contributed by atoms with Crippen LogP contribution in [-0.4, -0.2) is 0 Å². The summed E-state index contributed by atoms with van der Waals surface area (Å²) in [5.74, 6) is 0. The summed E-state index contributed by atoms with van der Waals surface area (Å²) in [5.41, 5.74) is 18.6. The van der Waals surface area contributed by atoms with Gasteiger partial charge in [0.15, 0.2) is 14.3 Å². The molecule has 0 spiro atoms. The van der Waals surface area contributed by atoms with Crippen molar-refractivity contribution >= 4 is 114 Å². The number of para-hydroxylation sites is 4. The predicted molar refractivity (Wildman–Crippen MR) is 408 cm³/mol. The van der Waals surface area contributed by atoms with Crippen molar-refractivity contribution in [2.45, 2.75) is 27.7 Å². The van der Waals surface area contributed by atoms with E-state index >= 15 is 9.13 Å². The summed E-state index contributed by atoms with van der Waals surface area (Å²) in [6.07, 6.45) is 0. The van der Waals surface area contributed by atoms with Crippen LogP contribution in [-0.2, 0) is 9.13 Å². The van der Waals surface area contributed by atoms with Gasteiger partial charge in [-0.25, -0.2) is 0 Å². The maximum Gasteiger partial charge on any atom is 0.171 e. The lowest BCUT2D eigenvalue weighted by molar-refractivity contribution is 0.591. The molecule has 0 N–H and O–H groups in total. The second-order valence-electron chi connectivity index (χ2n) is 24.4. The highest BCUT2D eigenvalue weighted by atomic mass is 31.2. The van der Waals surface area contributed by atoms with Gasteiger partial charge in [0.05, 0.1) is 0 Å². The Hall–Kier alpha value is -11.3. The van der Waals surface area contributed by atoms with E-state index in [0.29, 0.717) is 31.8 Å². The number of rotatable bonds is 19. The molecular weight excluding hydrogens is 1210 g/mol. The van der Waals surface area contributed by atoms with Crippen molar-refractivity contribution in [1.29, 1.82) is 0 Å². The minimum atomic E-state index is -3.56. The van der Waals surface area contributed by atoms with Crippen LogP contribution in [0.3, 0.4) is 0 Å². The van der Waals surface area contributed by atoms with E-state index in [1.807, 2.05) is 97.1 Å². The normalized spacial score (nSPS) is 11.4. The molecule has 0 aromatic heterocycles. The first kappa shape index (κ1) is 62.2. The fourth-order valence-corrected chi connectivity index (χ4v) is 17.9. The fraction of sp³-hybridized carbons (Fsp3) is 0.0455. The third-order valence-corrected chi connectivity index (χ3v) is 24.1. The van der Waals surface area contributed by atoms with E-state index in [1.54, 1.807) is 0 Å². The Kier molecular flexibility index (Phi) is 17.7. The molecule has 14 aromatic rings. The van der Waals surface area contributed by atoms with E-state index in [4.69, 9.17) is 0 Å². The molecule has 0 saturated carbocycles. The molecule has 96 heavy (non-hydrogen) atoms. The van der Waals surface area contributed by atoms with E-state index < -0.39 is 14.3 Å². The minimum absolute atomic E-state index is 0.707. The topological polar surface area (TPSA) is 47.1 Å². The second-order valence-corrected chi connectivity index (χ2v) is 29.9. The Balaban J connectivity index is 0.839. The average molecular weight is 1280 g/mol. The molecule has 0 atom stereocenters. The van der Waals surface area contributed by atoms with E-state index in [9.17, 15) is 0 Å². The summed E-state index contributed by atoms with van der Waals surface area (Å²) in [4.78, 5) is 8.93. The molecule has 8 heteroatoms. The Bertz CT molecular complexity index is 4410. The number of benzene rings is 14. The third kappa shape index (κ3) is 12.7. The predicted octanol–water partition coefficient (Wildman–Crippen LogP) is 21.7. The highest BCUT2D eigenvalue weighted by Gasteiger charge is 2.33.